The zero-order chi connectivity index (χ0) is 10.3. The van der Waals surface area contributed by atoms with Gasteiger partial charge in [-0.3, -0.25) is 0 Å². The molecule has 0 rings (SSSR count). The van der Waals surface area contributed by atoms with Crippen molar-refractivity contribution in [1.29, 1.82) is 0 Å². The molecule has 0 heterocycles. The number of hydrogen-bond acceptors (Lipinski definition) is 2. The molecular weight excluding hydrogens is 160 g/mol. The molecule has 0 bridgehead atoms. The van der Waals surface area contributed by atoms with Crippen LogP contribution in [0.15, 0.2) is 0 Å². The van der Waals surface area contributed by atoms with E-state index in [2.05, 4.69) is 33.0 Å². The van der Waals surface area contributed by atoms with Crippen LogP contribution in [0.25, 0.3) is 0 Å². The third kappa shape index (κ3) is 8.26. The largest absolute Gasteiger partial charge is 0.327 e. The van der Waals surface area contributed by atoms with E-state index in [1.165, 1.54) is 6.42 Å². The summed E-state index contributed by atoms with van der Waals surface area (Å²) in [5.41, 5.74) is 5.94. The minimum Gasteiger partial charge on any atom is -0.327 e. The van der Waals surface area contributed by atoms with Crippen molar-refractivity contribution >= 4 is 0 Å². The van der Waals surface area contributed by atoms with Crippen LogP contribution in [0, 0.1) is 11.8 Å². The van der Waals surface area contributed by atoms with E-state index in [1.54, 1.807) is 0 Å². The van der Waals surface area contributed by atoms with Crippen LogP contribution < -0.4 is 11.1 Å². The summed E-state index contributed by atoms with van der Waals surface area (Å²) in [6.07, 6.45) is 2.36. The van der Waals surface area contributed by atoms with Crippen LogP contribution in [0.3, 0.4) is 0 Å². The van der Waals surface area contributed by atoms with Crippen LogP contribution in [-0.4, -0.2) is 19.1 Å². The standard InChI is InChI=1S/C11H26N2/c1-5-10(4)7-13-8-11(12)6-9(2)3/h9-11,13H,5-8,12H2,1-4H3. The van der Waals surface area contributed by atoms with Gasteiger partial charge in [-0.05, 0) is 24.8 Å². The molecule has 2 nitrogen and oxygen atoms in total. The van der Waals surface area contributed by atoms with Gasteiger partial charge in [0.2, 0.25) is 0 Å². The summed E-state index contributed by atoms with van der Waals surface area (Å²) in [4.78, 5) is 0. The van der Waals surface area contributed by atoms with E-state index in [0.717, 1.165) is 25.4 Å². The predicted molar refractivity (Wildman–Crippen MR) is 59.8 cm³/mol. The molecule has 3 N–H and O–H groups in total. The SMILES string of the molecule is CCC(C)CNCC(N)CC(C)C. The molecule has 0 fully saturated rings. The Balaban J connectivity index is 3.31. The zero-order valence-corrected chi connectivity index (χ0v) is 9.64. The smallest absolute Gasteiger partial charge is 0.0167 e. The van der Waals surface area contributed by atoms with E-state index < -0.39 is 0 Å². The molecule has 0 saturated carbocycles. The normalized spacial score (nSPS) is 16.2. The van der Waals surface area contributed by atoms with Gasteiger partial charge in [0.05, 0.1) is 0 Å². The van der Waals surface area contributed by atoms with Gasteiger partial charge in [-0.25, -0.2) is 0 Å². The van der Waals surface area contributed by atoms with Gasteiger partial charge in [0, 0.05) is 12.6 Å². The second-order valence-corrected chi connectivity index (χ2v) is 4.56. The molecule has 0 aromatic carbocycles. The lowest BCUT2D eigenvalue weighted by atomic mass is 10.0. The van der Waals surface area contributed by atoms with E-state index >= 15 is 0 Å². The number of nitrogens with two attached hydrogens (primary N) is 1. The average molecular weight is 186 g/mol. The molecule has 0 saturated heterocycles. The van der Waals surface area contributed by atoms with Crippen molar-refractivity contribution < 1.29 is 0 Å². The Morgan fingerprint density at radius 3 is 2.23 bits per heavy atom. The third-order valence-corrected chi connectivity index (χ3v) is 2.37. The molecule has 0 aromatic heterocycles. The van der Waals surface area contributed by atoms with E-state index in [1.807, 2.05) is 0 Å². The summed E-state index contributed by atoms with van der Waals surface area (Å²) < 4.78 is 0. The van der Waals surface area contributed by atoms with Gasteiger partial charge < -0.3 is 11.1 Å². The van der Waals surface area contributed by atoms with Crippen molar-refractivity contribution in [2.24, 2.45) is 17.6 Å². The van der Waals surface area contributed by atoms with E-state index in [4.69, 9.17) is 5.73 Å². The fraction of sp³-hybridized carbons (Fsp3) is 1.00. The van der Waals surface area contributed by atoms with Gasteiger partial charge in [-0.15, -0.1) is 0 Å². The second kappa shape index (κ2) is 7.34. The molecule has 0 aliphatic heterocycles. The third-order valence-electron chi connectivity index (χ3n) is 2.37. The topological polar surface area (TPSA) is 38.0 Å². The fourth-order valence-corrected chi connectivity index (χ4v) is 1.35. The zero-order valence-electron chi connectivity index (χ0n) is 9.64. The Morgan fingerprint density at radius 1 is 1.15 bits per heavy atom. The van der Waals surface area contributed by atoms with Crippen LogP contribution in [0.4, 0.5) is 0 Å². The van der Waals surface area contributed by atoms with Crippen molar-refractivity contribution in [3.05, 3.63) is 0 Å². The molecular formula is C11H26N2. The fourth-order valence-electron chi connectivity index (χ4n) is 1.35. The second-order valence-electron chi connectivity index (χ2n) is 4.56. The molecule has 0 amide bonds. The first kappa shape index (κ1) is 12.9. The van der Waals surface area contributed by atoms with Gasteiger partial charge >= 0.3 is 0 Å². The van der Waals surface area contributed by atoms with Crippen molar-refractivity contribution in [3.8, 4) is 0 Å². The molecule has 0 aliphatic carbocycles. The number of hydrogen-bond donors (Lipinski definition) is 2. The Bertz CT molecular complexity index is 113. The highest BCUT2D eigenvalue weighted by Crippen LogP contribution is 2.02. The summed E-state index contributed by atoms with van der Waals surface area (Å²) in [5.74, 6) is 1.48. The Morgan fingerprint density at radius 2 is 1.77 bits per heavy atom. The average Bonchev–Trinajstić information content (AvgIpc) is 2.02. The van der Waals surface area contributed by atoms with Crippen LogP contribution in [0.1, 0.15) is 40.5 Å². The van der Waals surface area contributed by atoms with Gasteiger partial charge in [-0.1, -0.05) is 34.1 Å². The summed E-state index contributed by atoms with van der Waals surface area (Å²) in [6, 6.07) is 0.323. The van der Waals surface area contributed by atoms with Gasteiger partial charge in [-0.2, -0.15) is 0 Å². The molecule has 2 unspecified atom stereocenters. The van der Waals surface area contributed by atoms with Crippen LogP contribution in [-0.2, 0) is 0 Å². The summed E-state index contributed by atoms with van der Waals surface area (Å²) in [5, 5.41) is 3.42. The lowest BCUT2D eigenvalue weighted by Crippen LogP contribution is -2.36. The van der Waals surface area contributed by atoms with Crippen LogP contribution >= 0.6 is 0 Å². The van der Waals surface area contributed by atoms with Gasteiger partial charge in [0.1, 0.15) is 0 Å². The Kier molecular flexibility index (Phi) is 7.29. The molecule has 0 radical (unpaired) electrons. The maximum atomic E-state index is 5.94. The maximum absolute atomic E-state index is 5.94. The predicted octanol–water partition coefficient (Wildman–Crippen LogP) is 2.00. The molecule has 2 heteroatoms. The number of nitrogens with one attached hydrogen (secondary N) is 1. The molecule has 0 aromatic rings. The summed E-state index contributed by atoms with van der Waals surface area (Å²) in [6.45, 7) is 11.0. The van der Waals surface area contributed by atoms with Crippen LogP contribution in [0.5, 0.6) is 0 Å². The first-order valence-electron chi connectivity index (χ1n) is 5.52. The lowest BCUT2D eigenvalue weighted by Gasteiger charge is -2.16. The van der Waals surface area contributed by atoms with E-state index in [9.17, 15) is 0 Å². The van der Waals surface area contributed by atoms with Gasteiger partial charge in [0.25, 0.3) is 0 Å². The summed E-state index contributed by atoms with van der Waals surface area (Å²) >= 11 is 0. The van der Waals surface area contributed by atoms with E-state index in [0.29, 0.717) is 12.0 Å². The van der Waals surface area contributed by atoms with Gasteiger partial charge in [0.15, 0.2) is 0 Å². The van der Waals surface area contributed by atoms with Crippen molar-refractivity contribution in [2.75, 3.05) is 13.1 Å². The highest BCUT2D eigenvalue weighted by Gasteiger charge is 2.05. The maximum Gasteiger partial charge on any atom is 0.0167 e. The summed E-state index contributed by atoms with van der Waals surface area (Å²) in [7, 11) is 0. The van der Waals surface area contributed by atoms with Crippen molar-refractivity contribution in [3.63, 3.8) is 0 Å². The Labute approximate surface area is 83.3 Å². The molecule has 13 heavy (non-hydrogen) atoms. The Hall–Kier alpha value is -0.0800. The van der Waals surface area contributed by atoms with Crippen molar-refractivity contribution in [2.45, 2.75) is 46.6 Å². The minimum atomic E-state index is 0.323. The molecule has 0 aliphatic rings. The lowest BCUT2D eigenvalue weighted by molar-refractivity contribution is 0.437. The van der Waals surface area contributed by atoms with E-state index in [-0.39, 0.29) is 0 Å². The number of rotatable bonds is 7. The van der Waals surface area contributed by atoms with Crippen molar-refractivity contribution in [1.82, 2.24) is 5.32 Å². The molecule has 2 atom stereocenters. The van der Waals surface area contributed by atoms with Crippen LogP contribution in [0.2, 0.25) is 0 Å². The first-order chi connectivity index (χ1) is 6.06. The minimum absolute atomic E-state index is 0.323. The first-order valence-corrected chi connectivity index (χ1v) is 5.52. The quantitative estimate of drug-likeness (QED) is 0.638. The monoisotopic (exact) mass is 186 g/mol. The molecule has 0 spiro atoms. The highest BCUT2D eigenvalue weighted by molar-refractivity contribution is 4.67. The highest BCUT2D eigenvalue weighted by atomic mass is 14.9. The molecule has 80 valence electrons.